The van der Waals surface area contributed by atoms with Crippen LogP contribution in [0.15, 0.2) is 47.5 Å². The maximum Gasteiger partial charge on any atom is 0.146 e. The Bertz CT molecular complexity index is 961. The molecule has 1 aromatic carbocycles. The van der Waals surface area contributed by atoms with Gasteiger partial charge in [-0.2, -0.15) is 0 Å². The van der Waals surface area contributed by atoms with Crippen molar-refractivity contribution in [2.75, 3.05) is 7.11 Å². The maximum atomic E-state index is 5.33. The molecule has 3 heterocycles. The molecule has 0 saturated carbocycles. The Morgan fingerprint density at radius 3 is 2.85 bits per heavy atom. The minimum absolute atomic E-state index is 0.821. The predicted molar refractivity (Wildman–Crippen MR) is 82.3 cm³/mol. The van der Waals surface area contributed by atoms with Gasteiger partial charge < -0.3 is 4.74 Å². The minimum Gasteiger partial charge on any atom is -0.497 e. The molecular weight excluding hydrogens is 318 g/mol. The van der Waals surface area contributed by atoms with Gasteiger partial charge in [0.25, 0.3) is 0 Å². The molecule has 0 unspecified atom stereocenters. The van der Waals surface area contributed by atoms with Gasteiger partial charge in [0, 0.05) is 23.2 Å². The molecule has 98 valence electrons. The van der Waals surface area contributed by atoms with Gasteiger partial charge in [-0.15, -0.1) is 0 Å². The lowest BCUT2D eigenvalue weighted by molar-refractivity contribution is 0.415. The van der Waals surface area contributed by atoms with Crippen molar-refractivity contribution in [2.24, 2.45) is 0 Å². The van der Waals surface area contributed by atoms with E-state index in [0.29, 0.717) is 0 Å². The largest absolute Gasteiger partial charge is 0.497 e. The Morgan fingerprint density at radius 2 is 2.00 bits per heavy atom. The van der Waals surface area contributed by atoms with Gasteiger partial charge in [0.2, 0.25) is 0 Å². The standard InChI is InChI=1S/C15H10BrN3O/c1-20-9-2-3-10-11(6-9)15-18-8-14(16)19(15)13-4-5-17-7-12(10)13/h2-8H,1H3. The molecule has 0 saturated heterocycles. The van der Waals surface area contributed by atoms with E-state index in [9.17, 15) is 0 Å². The molecule has 4 nitrogen and oxygen atoms in total. The summed E-state index contributed by atoms with van der Waals surface area (Å²) in [5.41, 5.74) is 1.99. The Morgan fingerprint density at radius 1 is 1.10 bits per heavy atom. The Balaban J connectivity index is 2.36. The van der Waals surface area contributed by atoms with E-state index in [2.05, 4.69) is 36.4 Å². The Hall–Kier alpha value is -2.14. The highest BCUT2D eigenvalue weighted by molar-refractivity contribution is 9.10. The van der Waals surface area contributed by atoms with Crippen LogP contribution in [0.3, 0.4) is 0 Å². The quantitative estimate of drug-likeness (QED) is 0.499. The van der Waals surface area contributed by atoms with Crippen LogP contribution in [-0.2, 0) is 0 Å². The number of rotatable bonds is 1. The molecule has 0 bridgehead atoms. The summed E-state index contributed by atoms with van der Waals surface area (Å²) in [6, 6.07) is 8.03. The highest BCUT2D eigenvalue weighted by Gasteiger charge is 2.12. The van der Waals surface area contributed by atoms with Crippen molar-refractivity contribution >= 4 is 43.3 Å². The summed E-state index contributed by atoms with van der Waals surface area (Å²) in [4.78, 5) is 8.76. The lowest BCUT2D eigenvalue weighted by Gasteiger charge is -2.09. The van der Waals surface area contributed by atoms with Crippen molar-refractivity contribution in [3.63, 3.8) is 0 Å². The van der Waals surface area contributed by atoms with E-state index < -0.39 is 0 Å². The Kier molecular flexibility index (Phi) is 2.44. The van der Waals surface area contributed by atoms with Gasteiger partial charge in [-0.05, 0) is 45.6 Å². The van der Waals surface area contributed by atoms with E-state index in [0.717, 1.165) is 37.7 Å². The number of aromatic nitrogens is 3. The van der Waals surface area contributed by atoms with Crippen LogP contribution in [0, 0.1) is 0 Å². The van der Waals surface area contributed by atoms with Crippen molar-refractivity contribution in [2.45, 2.75) is 0 Å². The molecule has 4 aromatic rings. The second-order valence-electron chi connectivity index (χ2n) is 4.54. The number of methoxy groups -OCH3 is 1. The van der Waals surface area contributed by atoms with E-state index >= 15 is 0 Å². The first-order chi connectivity index (χ1) is 9.79. The van der Waals surface area contributed by atoms with Gasteiger partial charge in [-0.3, -0.25) is 9.38 Å². The third kappa shape index (κ3) is 1.47. The first-order valence-corrected chi connectivity index (χ1v) is 6.95. The molecular formula is C15H10BrN3O. The first kappa shape index (κ1) is 11.7. The molecule has 0 fully saturated rings. The molecule has 0 aliphatic carbocycles. The number of pyridine rings is 2. The smallest absolute Gasteiger partial charge is 0.146 e. The van der Waals surface area contributed by atoms with Crippen LogP contribution in [0.1, 0.15) is 0 Å². The average molecular weight is 328 g/mol. The van der Waals surface area contributed by atoms with E-state index in [4.69, 9.17) is 4.74 Å². The van der Waals surface area contributed by atoms with Gasteiger partial charge in [0.05, 0.1) is 18.8 Å². The van der Waals surface area contributed by atoms with Gasteiger partial charge >= 0.3 is 0 Å². The molecule has 0 aliphatic heterocycles. The fraction of sp³-hybridized carbons (Fsp3) is 0.0667. The number of imidazole rings is 1. The second-order valence-corrected chi connectivity index (χ2v) is 5.36. The van der Waals surface area contributed by atoms with Crippen molar-refractivity contribution in [3.05, 3.63) is 47.5 Å². The molecule has 3 aromatic heterocycles. The van der Waals surface area contributed by atoms with Gasteiger partial charge in [-0.25, -0.2) is 4.98 Å². The average Bonchev–Trinajstić information content (AvgIpc) is 2.89. The molecule has 0 radical (unpaired) electrons. The summed E-state index contributed by atoms with van der Waals surface area (Å²) in [5.74, 6) is 0.821. The lowest BCUT2D eigenvalue weighted by Crippen LogP contribution is -1.93. The summed E-state index contributed by atoms with van der Waals surface area (Å²) < 4.78 is 8.33. The summed E-state index contributed by atoms with van der Waals surface area (Å²) in [6.07, 6.45) is 5.49. The second kappa shape index (κ2) is 4.18. The van der Waals surface area contributed by atoms with Crippen LogP contribution in [0.25, 0.3) is 27.3 Å². The van der Waals surface area contributed by atoms with Crippen LogP contribution < -0.4 is 4.74 Å². The van der Waals surface area contributed by atoms with E-state index in [1.165, 1.54) is 0 Å². The van der Waals surface area contributed by atoms with E-state index in [1.54, 1.807) is 13.3 Å². The number of nitrogens with zero attached hydrogens (tertiary/aromatic N) is 3. The van der Waals surface area contributed by atoms with Crippen molar-refractivity contribution in [1.82, 2.24) is 14.4 Å². The highest BCUT2D eigenvalue weighted by Crippen LogP contribution is 2.32. The van der Waals surface area contributed by atoms with Crippen molar-refractivity contribution in [1.29, 1.82) is 0 Å². The van der Waals surface area contributed by atoms with E-state index in [1.807, 2.05) is 30.6 Å². The molecule has 0 atom stereocenters. The topological polar surface area (TPSA) is 39.4 Å². The third-order valence-corrected chi connectivity index (χ3v) is 4.07. The van der Waals surface area contributed by atoms with E-state index in [-0.39, 0.29) is 0 Å². The zero-order chi connectivity index (χ0) is 13.7. The van der Waals surface area contributed by atoms with Gasteiger partial charge in [-0.1, -0.05) is 0 Å². The summed E-state index contributed by atoms with van der Waals surface area (Å²) >= 11 is 3.56. The van der Waals surface area contributed by atoms with Crippen LogP contribution in [0.5, 0.6) is 5.75 Å². The number of ether oxygens (including phenoxy) is 1. The summed E-state index contributed by atoms with van der Waals surface area (Å²) in [7, 11) is 1.67. The number of hydrogen-bond acceptors (Lipinski definition) is 3. The number of halogens is 1. The predicted octanol–water partition coefficient (Wildman–Crippen LogP) is 3.81. The molecule has 0 amide bonds. The van der Waals surface area contributed by atoms with Crippen LogP contribution in [-0.4, -0.2) is 21.5 Å². The fourth-order valence-electron chi connectivity index (χ4n) is 2.61. The zero-order valence-corrected chi connectivity index (χ0v) is 12.3. The monoisotopic (exact) mass is 327 g/mol. The fourth-order valence-corrected chi connectivity index (χ4v) is 3.07. The number of fused-ring (bicyclic) bond motifs is 6. The van der Waals surface area contributed by atoms with Crippen LogP contribution in [0.4, 0.5) is 0 Å². The first-order valence-electron chi connectivity index (χ1n) is 6.16. The number of hydrogen-bond donors (Lipinski definition) is 0. The SMILES string of the molecule is COc1ccc2c3cnccc3n3c(Br)cnc3c2c1. The summed E-state index contributed by atoms with van der Waals surface area (Å²) in [6.45, 7) is 0. The molecule has 0 aliphatic rings. The molecule has 4 rings (SSSR count). The van der Waals surface area contributed by atoms with Crippen LogP contribution in [0.2, 0.25) is 0 Å². The number of benzene rings is 1. The summed E-state index contributed by atoms with van der Waals surface area (Å²) in [5, 5.41) is 3.27. The van der Waals surface area contributed by atoms with Gasteiger partial charge in [0.15, 0.2) is 0 Å². The van der Waals surface area contributed by atoms with Crippen molar-refractivity contribution < 1.29 is 4.74 Å². The zero-order valence-electron chi connectivity index (χ0n) is 10.7. The highest BCUT2D eigenvalue weighted by atomic mass is 79.9. The molecule has 0 spiro atoms. The minimum atomic E-state index is 0.821. The van der Waals surface area contributed by atoms with Crippen molar-refractivity contribution in [3.8, 4) is 5.75 Å². The molecule has 0 N–H and O–H groups in total. The molecule has 20 heavy (non-hydrogen) atoms. The maximum absolute atomic E-state index is 5.33. The lowest BCUT2D eigenvalue weighted by atomic mass is 10.1. The normalized spacial score (nSPS) is 11.5. The third-order valence-electron chi connectivity index (χ3n) is 3.52. The Labute approximate surface area is 123 Å². The van der Waals surface area contributed by atoms with Crippen LogP contribution >= 0.6 is 15.9 Å². The van der Waals surface area contributed by atoms with Gasteiger partial charge in [0.1, 0.15) is 16.0 Å². The molecule has 5 heteroatoms.